The van der Waals surface area contributed by atoms with Gasteiger partial charge in [0.05, 0.1) is 0 Å². The Balaban J connectivity index is 4.37. The Labute approximate surface area is 81.1 Å². The van der Waals surface area contributed by atoms with E-state index in [9.17, 15) is 14.8 Å². The van der Waals surface area contributed by atoms with Gasteiger partial charge in [-0.15, -0.1) is 0 Å². The molecule has 7 N–H and O–H groups in total. The number of nitrogens with one attached hydrogen (secondary N) is 2. The Bertz CT molecular complexity index is 200. The summed E-state index contributed by atoms with van der Waals surface area (Å²) >= 11 is 0. The van der Waals surface area contributed by atoms with E-state index in [0.29, 0.717) is 5.06 Å². The molecule has 82 valence electrons. The lowest BCUT2D eigenvalue weighted by Crippen LogP contribution is -2.54. The molecule has 2 amide bonds. The summed E-state index contributed by atoms with van der Waals surface area (Å²) in [6.45, 7) is 2.78. The first-order valence-corrected chi connectivity index (χ1v) is 3.93. The highest BCUT2D eigenvalue weighted by Crippen LogP contribution is 2.01. The minimum Gasteiger partial charge on any atom is -0.312 e. The number of carbonyl (C=O) groups excluding carboxylic acids is 2. The van der Waals surface area contributed by atoms with Crippen LogP contribution < -0.4 is 22.5 Å². The van der Waals surface area contributed by atoms with Crippen molar-refractivity contribution in [2.24, 2.45) is 11.7 Å². The Kier molecular flexibility index (Phi) is 5.02. The third-order valence-electron chi connectivity index (χ3n) is 1.84. The molecule has 14 heavy (non-hydrogen) atoms. The van der Waals surface area contributed by atoms with Crippen LogP contribution in [0.4, 0.5) is 0 Å². The smallest absolute Gasteiger partial charge is 0.253 e. The first kappa shape index (κ1) is 12.8. The number of hydrogen-bond donors (Lipinski definition) is 5. The molecule has 0 spiro atoms. The molecule has 0 aliphatic heterocycles. The molecule has 0 fully saturated rings. The van der Waals surface area contributed by atoms with E-state index >= 15 is 0 Å². The fourth-order valence-electron chi connectivity index (χ4n) is 0.817. The zero-order valence-corrected chi connectivity index (χ0v) is 8.02. The molecule has 8 nitrogen and oxygen atoms in total. The van der Waals surface area contributed by atoms with Gasteiger partial charge in [0.25, 0.3) is 11.8 Å². The Hall–Kier alpha value is -1.22. The van der Waals surface area contributed by atoms with Crippen molar-refractivity contribution in [3.05, 3.63) is 0 Å². The molecule has 0 saturated carbocycles. The largest absolute Gasteiger partial charge is 0.312 e. The number of hydroxylamine groups is 2. The van der Waals surface area contributed by atoms with E-state index in [1.54, 1.807) is 0 Å². The van der Waals surface area contributed by atoms with E-state index < -0.39 is 23.9 Å². The van der Waals surface area contributed by atoms with Gasteiger partial charge >= 0.3 is 0 Å². The molecule has 0 heterocycles. The number of carbonyl (C=O) groups is 2. The van der Waals surface area contributed by atoms with E-state index in [-0.39, 0.29) is 0 Å². The molecule has 0 saturated heterocycles. The van der Waals surface area contributed by atoms with Gasteiger partial charge in [-0.25, -0.2) is 11.7 Å². The van der Waals surface area contributed by atoms with Gasteiger partial charge in [-0.05, 0) is 13.8 Å². The Morgan fingerprint density at radius 2 is 1.43 bits per heavy atom. The molecule has 0 radical (unpaired) electrons. The van der Waals surface area contributed by atoms with Gasteiger partial charge in [0, 0.05) is 0 Å². The average Bonchev–Trinajstić information content (AvgIpc) is 2.23. The predicted octanol–water partition coefficient (Wildman–Crippen LogP) is -2.57. The summed E-state index contributed by atoms with van der Waals surface area (Å²) in [7, 11) is 0. The molecule has 0 aromatic heterocycles. The molecule has 2 atom stereocenters. The molecular formula is C6H15N5O3. The number of nitrogens with zero attached hydrogens (tertiary/aromatic N) is 1. The molecule has 0 aliphatic carbocycles. The first-order valence-electron chi connectivity index (χ1n) is 3.93. The monoisotopic (exact) mass is 205 g/mol. The second-order valence-corrected chi connectivity index (χ2v) is 2.75. The molecule has 0 aromatic carbocycles. The van der Waals surface area contributed by atoms with Crippen molar-refractivity contribution in [1.82, 2.24) is 15.9 Å². The Morgan fingerprint density at radius 3 is 1.64 bits per heavy atom. The summed E-state index contributed by atoms with van der Waals surface area (Å²) in [6.07, 6.45) is 0. The number of hydrazine groups is 2. The maximum absolute atomic E-state index is 11.0. The zero-order valence-electron chi connectivity index (χ0n) is 8.02. The van der Waals surface area contributed by atoms with Crippen LogP contribution in [0.5, 0.6) is 0 Å². The van der Waals surface area contributed by atoms with E-state index in [4.69, 9.17) is 11.7 Å². The third kappa shape index (κ3) is 2.92. The Morgan fingerprint density at radius 1 is 1.14 bits per heavy atom. The summed E-state index contributed by atoms with van der Waals surface area (Å²) in [6, 6.07) is -1.88. The second-order valence-electron chi connectivity index (χ2n) is 2.75. The van der Waals surface area contributed by atoms with Crippen LogP contribution in [0.1, 0.15) is 13.8 Å². The van der Waals surface area contributed by atoms with Crippen molar-refractivity contribution in [3.8, 4) is 0 Å². The summed E-state index contributed by atoms with van der Waals surface area (Å²) in [5, 5.41) is 9.95. The van der Waals surface area contributed by atoms with Gasteiger partial charge < -0.3 is 5.21 Å². The van der Waals surface area contributed by atoms with Crippen molar-refractivity contribution in [3.63, 3.8) is 0 Å². The van der Waals surface area contributed by atoms with Gasteiger partial charge in [0.2, 0.25) is 0 Å². The molecule has 0 aliphatic rings. The fraction of sp³-hybridized carbons (Fsp3) is 0.667. The first-order chi connectivity index (χ1) is 6.45. The van der Waals surface area contributed by atoms with Gasteiger partial charge in [0.1, 0.15) is 12.1 Å². The normalized spacial score (nSPS) is 14.7. The minimum atomic E-state index is -0.938. The van der Waals surface area contributed by atoms with E-state index in [2.05, 4.69) is 0 Å². The van der Waals surface area contributed by atoms with E-state index in [1.807, 2.05) is 10.9 Å². The number of nitrogens with two attached hydrogens (primary N) is 2. The number of amides is 2. The average molecular weight is 205 g/mol. The van der Waals surface area contributed by atoms with Crippen LogP contribution in [0.25, 0.3) is 0 Å². The summed E-state index contributed by atoms with van der Waals surface area (Å²) < 4.78 is 0. The highest BCUT2D eigenvalue weighted by molar-refractivity contribution is 5.83. The van der Waals surface area contributed by atoms with E-state index in [1.165, 1.54) is 13.8 Å². The van der Waals surface area contributed by atoms with Gasteiger partial charge in [0.15, 0.2) is 0 Å². The SMILES string of the molecule is CC(C(=O)NN)N(O)C(C)C(=O)NN. The standard InChI is InChI=1S/C6H15N5O3/c1-3(5(12)9-7)11(14)4(2)6(13)10-8/h3-4,14H,7-8H2,1-2H3,(H,9,12)(H,10,13). The molecule has 0 bridgehead atoms. The summed E-state index contributed by atoms with van der Waals surface area (Å²) in [4.78, 5) is 21.9. The van der Waals surface area contributed by atoms with Crippen LogP contribution in [-0.2, 0) is 9.59 Å². The molecular weight excluding hydrogens is 190 g/mol. The van der Waals surface area contributed by atoms with Crippen LogP contribution in [0, 0.1) is 0 Å². The molecule has 2 unspecified atom stereocenters. The second kappa shape index (κ2) is 5.50. The van der Waals surface area contributed by atoms with Crippen LogP contribution >= 0.6 is 0 Å². The van der Waals surface area contributed by atoms with Crippen LogP contribution in [0.3, 0.4) is 0 Å². The lowest BCUT2D eigenvalue weighted by Gasteiger charge is -2.25. The van der Waals surface area contributed by atoms with E-state index in [0.717, 1.165) is 0 Å². The summed E-state index contributed by atoms with van der Waals surface area (Å²) in [5.41, 5.74) is 3.71. The molecule has 0 rings (SSSR count). The predicted molar refractivity (Wildman–Crippen MR) is 47.2 cm³/mol. The van der Waals surface area contributed by atoms with Crippen LogP contribution in [-0.4, -0.2) is 34.2 Å². The van der Waals surface area contributed by atoms with Crippen molar-refractivity contribution in [1.29, 1.82) is 0 Å². The van der Waals surface area contributed by atoms with Gasteiger partial charge in [-0.2, -0.15) is 5.06 Å². The van der Waals surface area contributed by atoms with Crippen LogP contribution in [0.15, 0.2) is 0 Å². The highest BCUT2D eigenvalue weighted by atomic mass is 16.5. The lowest BCUT2D eigenvalue weighted by molar-refractivity contribution is -0.173. The third-order valence-corrected chi connectivity index (χ3v) is 1.84. The minimum absolute atomic E-state index is 0.560. The lowest BCUT2D eigenvalue weighted by atomic mass is 10.2. The number of rotatable bonds is 4. The molecule has 8 heteroatoms. The maximum Gasteiger partial charge on any atom is 0.253 e. The quantitative estimate of drug-likeness (QED) is 0.195. The maximum atomic E-state index is 11.0. The highest BCUT2D eigenvalue weighted by Gasteiger charge is 2.27. The van der Waals surface area contributed by atoms with Crippen molar-refractivity contribution in [2.75, 3.05) is 0 Å². The van der Waals surface area contributed by atoms with Crippen LogP contribution in [0.2, 0.25) is 0 Å². The topological polar surface area (TPSA) is 134 Å². The van der Waals surface area contributed by atoms with Crippen molar-refractivity contribution < 1.29 is 14.8 Å². The van der Waals surface area contributed by atoms with Gasteiger partial charge in [-0.1, -0.05) is 0 Å². The van der Waals surface area contributed by atoms with Crippen molar-refractivity contribution >= 4 is 11.8 Å². The summed E-state index contributed by atoms with van der Waals surface area (Å²) in [5.74, 6) is 8.50. The zero-order chi connectivity index (χ0) is 11.3. The number of hydrogen-bond acceptors (Lipinski definition) is 6. The van der Waals surface area contributed by atoms with Gasteiger partial charge in [-0.3, -0.25) is 20.4 Å². The van der Waals surface area contributed by atoms with Crippen molar-refractivity contribution in [2.45, 2.75) is 25.9 Å². The fourth-order valence-corrected chi connectivity index (χ4v) is 0.817. The molecule has 0 aromatic rings.